The van der Waals surface area contributed by atoms with Crippen LogP contribution in [0.5, 0.6) is 5.75 Å². The van der Waals surface area contributed by atoms with Gasteiger partial charge < -0.3 is 9.64 Å². The third kappa shape index (κ3) is 5.46. The maximum absolute atomic E-state index is 13.1. The monoisotopic (exact) mass is 482 g/mol. The van der Waals surface area contributed by atoms with Crippen LogP contribution >= 0.6 is 0 Å². The summed E-state index contributed by atoms with van der Waals surface area (Å²) in [4.78, 5) is 32.3. The molecular weight excluding hydrogens is 452 g/mol. The zero-order valence-corrected chi connectivity index (χ0v) is 21.0. The number of rotatable bonds is 8. The van der Waals surface area contributed by atoms with Crippen LogP contribution < -0.4 is 10.1 Å². The number of anilines is 1. The molecule has 184 valence electrons. The van der Waals surface area contributed by atoms with E-state index < -0.39 is 0 Å². The second-order valence-corrected chi connectivity index (χ2v) is 8.55. The Labute approximate surface area is 211 Å². The van der Waals surface area contributed by atoms with Crippen LogP contribution in [-0.2, 0) is 4.79 Å². The molecule has 0 unspecified atom stereocenters. The second-order valence-electron chi connectivity index (χ2n) is 8.55. The number of hydrogen-bond acceptors (Lipinski definition) is 4. The Morgan fingerprint density at radius 2 is 1.69 bits per heavy atom. The number of carbonyl (C=O) groups excluding carboxylic acids is 2. The SMILES string of the molecule is CCN(CC(=O)Nc1nc(-c2ccccc2)cn1-c1ccc(C)c(C)c1)C(=O)c1ccc(OC)cc1. The van der Waals surface area contributed by atoms with Gasteiger partial charge in [-0.15, -0.1) is 0 Å². The standard InChI is InChI=1S/C29H30N4O3/c1-5-32(28(35)23-12-15-25(36-4)16-13-23)19-27(34)31-29-30-26(22-9-7-6-8-10-22)18-33(29)24-14-11-20(2)21(3)17-24/h6-18H,5,19H2,1-4H3,(H,30,31,34). The number of aromatic nitrogens is 2. The maximum Gasteiger partial charge on any atom is 0.254 e. The van der Waals surface area contributed by atoms with E-state index in [9.17, 15) is 9.59 Å². The van der Waals surface area contributed by atoms with E-state index in [4.69, 9.17) is 9.72 Å². The molecule has 3 aromatic carbocycles. The Morgan fingerprint density at radius 3 is 2.33 bits per heavy atom. The van der Waals surface area contributed by atoms with E-state index in [0.717, 1.165) is 22.5 Å². The summed E-state index contributed by atoms with van der Waals surface area (Å²) < 4.78 is 7.03. The van der Waals surface area contributed by atoms with Gasteiger partial charge in [0.1, 0.15) is 12.3 Å². The van der Waals surface area contributed by atoms with Crippen LogP contribution in [-0.4, -0.2) is 46.5 Å². The van der Waals surface area contributed by atoms with Crippen molar-refractivity contribution in [2.75, 3.05) is 25.5 Å². The van der Waals surface area contributed by atoms with Crippen LogP contribution in [0.3, 0.4) is 0 Å². The lowest BCUT2D eigenvalue weighted by molar-refractivity contribution is -0.116. The molecule has 36 heavy (non-hydrogen) atoms. The summed E-state index contributed by atoms with van der Waals surface area (Å²) in [5, 5.41) is 2.92. The molecule has 4 rings (SSSR count). The van der Waals surface area contributed by atoms with Crippen molar-refractivity contribution in [1.29, 1.82) is 0 Å². The van der Waals surface area contributed by atoms with Crippen molar-refractivity contribution in [3.8, 4) is 22.7 Å². The van der Waals surface area contributed by atoms with E-state index in [1.165, 1.54) is 10.5 Å². The van der Waals surface area contributed by atoms with E-state index in [-0.39, 0.29) is 18.4 Å². The molecule has 1 heterocycles. The van der Waals surface area contributed by atoms with E-state index >= 15 is 0 Å². The van der Waals surface area contributed by atoms with E-state index in [1.807, 2.05) is 60.2 Å². The van der Waals surface area contributed by atoms with Crippen LogP contribution in [0.15, 0.2) is 79.0 Å². The number of nitrogens with zero attached hydrogens (tertiary/aromatic N) is 3. The van der Waals surface area contributed by atoms with E-state index in [0.29, 0.717) is 23.8 Å². The highest BCUT2D eigenvalue weighted by atomic mass is 16.5. The van der Waals surface area contributed by atoms with Crippen molar-refractivity contribution in [3.05, 3.63) is 95.7 Å². The van der Waals surface area contributed by atoms with Crippen molar-refractivity contribution < 1.29 is 14.3 Å². The summed E-state index contributed by atoms with van der Waals surface area (Å²) >= 11 is 0. The fourth-order valence-corrected chi connectivity index (χ4v) is 3.87. The van der Waals surface area contributed by atoms with Crippen molar-refractivity contribution in [2.45, 2.75) is 20.8 Å². The predicted molar refractivity (Wildman–Crippen MR) is 142 cm³/mol. The van der Waals surface area contributed by atoms with Gasteiger partial charge in [-0.1, -0.05) is 36.4 Å². The molecule has 0 aliphatic carbocycles. The second kappa shape index (κ2) is 10.9. The Balaban J connectivity index is 1.59. The first-order valence-corrected chi connectivity index (χ1v) is 11.8. The van der Waals surface area contributed by atoms with Gasteiger partial charge >= 0.3 is 0 Å². The van der Waals surface area contributed by atoms with Gasteiger partial charge in [-0.25, -0.2) is 4.98 Å². The van der Waals surface area contributed by atoms with Gasteiger partial charge in [0.25, 0.3) is 5.91 Å². The normalized spacial score (nSPS) is 10.7. The molecule has 0 aliphatic heterocycles. The topological polar surface area (TPSA) is 76.5 Å². The lowest BCUT2D eigenvalue weighted by Crippen LogP contribution is -2.38. The highest BCUT2D eigenvalue weighted by Gasteiger charge is 2.20. The molecule has 0 saturated heterocycles. The van der Waals surface area contributed by atoms with Crippen LogP contribution in [0.25, 0.3) is 16.9 Å². The number of benzene rings is 3. The Kier molecular flexibility index (Phi) is 7.49. The van der Waals surface area contributed by atoms with Crippen molar-refractivity contribution in [2.24, 2.45) is 0 Å². The summed E-state index contributed by atoms with van der Waals surface area (Å²) in [5.74, 6) is 0.515. The number of nitrogens with one attached hydrogen (secondary N) is 1. The number of likely N-dealkylation sites (N-methyl/N-ethyl adjacent to an activating group) is 1. The number of methoxy groups -OCH3 is 1. The molecule has 0 aliphatic rings. The molecule has 0 saturated carbocycles. The molecule has 0 fully saturated rings. The van der Waals surface area contributed by atoms with E-state index in [1.54, 1.807) is 31.4 Å². The first-order valence-electron chi connectivity index (χ1n) is 11.8. The third-order valence-corrected chi connectivity index (χ3v) is 6.14. The molecule has 0 atom stereocenters. The quantitative estimate of drug-likeness (QED) is 0.371. The molecular formula is C29H30N4O3. The summed E-state index contributed by atoms with van der Waals surface area (Å²) in [6, 6.07) is 22.8. The van der Waals surface area contributed by atoms with Gasteiger partial charge in [0.2, 0.25) is 11.9 Å². The lowest BCUT2D eigenvalue weighted by atomic mass is 10.1. The molecule has 7 heteroatoms. The molecule has 7 nitrogen and oxygen atoms in total. The molecule has 1 N–H and O–H groups in total. The summed E-state index contributed by atoms with van der Waals surface area (Å²) in [6.07, 6.45) is 1.91. The fourth-order valence-electron chi connectivity index (χ4n) is 3.87. The van der Waals surface area contributed by atoms with Gasteiger partial charge in [0.05, 0.1) is 12.8 Å². The zero-order valence-electron chi connectivity index (χ0n) is 21.0. The maximum atomic E-state index is 13.1. The number of imidazole rings is 1. The smallest absolute Gasteiger partial charge is 0.254 e. The third-order valence-electron chi connectivity index (χ3n) is 6.14. The fraction of sp³-hybridized carbons (Fsp3) is 0.207. The van der Waals surface area contributed by atoms with Gasteiger partial charge in [-0.3, -0.25) is 19.5 Å². The van der Waals surface area contributed by atoms with Crippen LogP contribution in [0.4, 0.5) is 5.95 Å². The Bertz CT molecular complexity index is 1360. The average molecular weight is 483 g/mol. The number of amides is 2. The molecule has 2 amide bonds. The highest BCUT2D eigenvalue weighted by Crippen LogP contribution is 2.25. The number of aryl methyl sites for hydroxylation is 2. The highest BCUT2D eigenvalue weighted by molar-refractivity contribution is 5.99. The first kappa shape index (κ1) is 24.7. The number of hydrogen-bond donors (Lipinski definition) is 1. The minimum atomic E-state index is -0.325. The summed E-state index contributed by atoms with van der Waals surface area (Å²) in [7, 11) is 1.57. The predicted octanol–water partition coefficient (Wildman–Crippen LogP) is 5.27. The molecule has 0 bridgehead atoms. The molecule has 4 aromatic rings. The van der Waals surface area contributed by atoms with Crippen LogP contribution in [0.1, 0.15) is 28.4 Å². The van der Waals surface area contributed by atoms with Gasteiger partial charge in [0.15, 0.2) is 0 Å². The zero-order chi connectivity index (χ0) is 25.7. The summed E-state index contributed by atoms with van der Waals surface area (Å²) in [5.41, 5.74) is 5.40. The minimum Gasteiger partial charge on any atom is -0.497 e. The Hall–Kier alpha value is -4.39. The van der Waals surface area contributed by atoms with Crippen molar-refractivity contribution in [1.82, 2.24) is 14.5 Å². The number of carbonyl (C=O) groups is 2. The van der Waals surface area contributed by atoms with Crippen LogP contribution in [0.2, 0.25) is 0 Å². The van der Waals surface area contributed by atoms with E-state index in [2.05, 4.69) is 25.2 Å². The Morgan fingerprint density at radius 1 is 0.972 bits per heavy atom. The van der Waals surface area contributed by atoms with Crippen molar-refractivity contribution in [3.63, 3.8) is 0 Å². The largest absolute Gasteiger partial charge is 0.497 e. The first-order chi connectivity index (χ1) is 17.4. The van der Waals surface area contributed by atoms with Gasteiger partial charge in [-0.05, 0) is 68.3 Å². The lowest BCUT2D eigenvalue weighted by Gasteiger charge is -2.20. The van der Waals surface area contributed by atoms with Gasteiger partial charge in [0, 0.05) is 29.6 Å². The van der Waals surface area contributed by atoms with Gasteiger partial charge in [-0.2, -0.15) is 0 Å². The van der Waals surface area contributed by atoms with Crippen molar-refractivity contribution >= 4 is 17.8 Å². The number of ether oxygens (including phenoxy) is 1. The molecule has 0 radical (unpaired) electrons. The molecule has 1 aromatic heterocycles. The van der Waals surface area contributed by atoms with Crippen LogP contribution in [0, 0.1) is 13.8 Å². The average Bonchev–Trinajstić information content (AvgIpc) is 3.32. The summed E-state index contributed by atoms with van der Waals surface area (Å²) in [6.45, 7) is 6.25. The molecule has 0 spiro atoms. The minimum absolute atomic E-state index is 0.0954.